The van der Waals surface area contributed by atoms with Crippen molar-refractivity contribution in [3.63, 3.8) is 0 Å². The summed E-state index contributed by atoms with van der Waals surface area (Å²) in [5.41, 5.74) is 0.492. The molecule has 2 heterocycles. The maximum Gasteiger partial charge on any atom is 0.208 e. The van der Waals surface area contributed by atoms with Crippen LogP contribution in [0.25, 0.3) is 28.0 Å². The molecular formula is C23H22O6. The fraction of sp³-hybridized carbons (Fsp3) is 0.261. The highest BCUT2D eigenvalue weighted by molar-refractivity contribution is 6.01. The summed E-state index contributed by atoms with van der Waals surface area (Å²) in [6, 6.07) is 3.84. The van der Waals surface area contributed by atoms with Crippen molar-refractivity contribution in [3.05, 3.63) is 51.7 Å². The van der Waals surface area contributed by atoms with E-state index in [1.54, 1.807) is 6.08 Å². The molecule has 0 saturated heterocycles. The van der Waals surface area contributed by atoms with Gasteiger partial charge in [0.05, 0.1) is 5.56 Å². The van der Waals surface area contributed by atoms with Crippen LogP contribution in [-0.4, -0.2) is 20.9 Å². The number of ether oxygens (including phenoxy) is 1. The van der Waals surface area contributed by atoms with Gasteiger partial charge in [-0.25, -0.2) is 0 Å². The zero-order valence-electron chi connectivity index (χ0n) is 16.4. The number of phenols is 3. The van der Waals surface area contributed by atoms with Gasteiger partial charge in [-0.05, 0) is 57.9 Å². The lowest BCUT2D eigenvalue weighted by atomic mass is 9.93. The van der Waals surface area contributed by atoms with Crippen LogP contribution in [0, 0.1) is 0 Å². The van der Waals surface area contributed by atoms with E-state index < -0.39 is 11.0 Å². The van der Waals surface area contributed by atoms with E-state index in [2.05, 4.69) is 6.08 Å². The molecule has 1 atom stereocenters. The van der Waals surface area contributed by atoms with Gasteiger partial charge in [-0.3, -0.25) is 4.79 Å². The van der Waals surface area contributed by atoms with Crippen molar-refractivity contribution < 1.29 is 24.5 Å². The van der Waals surface area contributed by atoms with Crippen molar-refractivity contribution in [1.29, 1.82) is 0 Å². The monoisotopic (exact) mass is 394 g/mol. The third kappa shape index (κ3) is 3.10. The maximum atomic E-state index is 12.9. The molecule has 0 amide bonds. The zero-order chi connectivity index (χ0) is 20.9. The van der Waals surface area contributed by atoms with Gasteiger partial charge < -0.3 is 24.5 Å². The summed E-state index contributed by atoms with van der Waals surface area (Å²) in [5, 5.41) is 30.5. The molecule has 0 fully saturated rings. The number of hydrogen-bond donors (Lipinski definition) is 3. The van der Waals surface area contributed by atoms with Gasteiger partial charge in [0.2, 0.25) is 5.43 Å². The molecule has 0 radical (unpaired) electrons. The minimum Gasteiger partial charge on any atom is -0.507 e. The summed E-state index contributed by atoms with van der Waals surface area (Å²) < 4.78 is 11.9. The van der Waals surface area contributed by atoms with E-state index in [-0.39, 0.29) is 39.2 Å². The van der Waals surface area contributed by atoms with Crippen molar-refractivity contribution in [3.8, 4) is 23.0 Å². The third-order valence-electron chi connectivity index (χ3n) is 5.17. The molecule has 1 aromatic heterocycles. The molecule has 0 spiro atoms. The van der Waals surface area contributed by atoms with Gasteiger partial charge in [0, 0.05) is 6.07 Å². The molecule has 6 heteroatoms. The van der Waals surface area contributed by atoms with Crippen LogP contribution in [0.3, 0.4) is 0 Å². The highest BCUT2D eigenvalue weighted by atomic mass is 16.5. The molecule has 0 bridgehead atoms. The van der Waals surface area contributed by atoms with Crippen molar-refractivity contribution in [2.45, 2.75) is 39.2 Å². The molecule has 6 nitrogen and oxygen atoms in total. The zero-order valence-corrected chi connectivity index (χ0v) is 16.4. The Balaban J connectivity index is 1.92. The van der Waals surface area contributed by atoms with Gasteiger partial charge in [-0.2, -0.15) is 0 Å². The Bertz CT molecular complexity index is 1260. The molecule has 0 saturated carbocycles. The van der Waals surface area contributed by atoms with E-state index in [0.29, 0.717) is 11.3 Å². The molecule has 0 aliphatic carbocycles. The average molecular weight is 394 g/mol. The predicted molar refractivity (Wildman–Crippen MR) is 112 cm³/mol. The number of aromatic hydroxyl groups is 3. The smallest absolute Gasteiger partial charge is 0.208 e. The van der Waals surface area contributed by atoms with Gasteiger partial charge in [0.25, 0.3) is 0 Å². The van der Waals surface area contributed by atoms with Crippen LogP contribution in [0.1, 0.15) is 39.2 Å². The van der Waals surface area contributed by atoms with E-state index in [4.69, 9.17) is 9.15 Å². The molecule has 0 unspecified atom stereocenters. The van der Waals surface area contributed by atoms with Crippen molar-refractivity contribution >= 4 is 28.0 Å². The first-order chi connectivity index (χ1) is 13.7. The number of fused-ring (bicyclic) bond motifs is 4. The van der Waals surface area contributed by atoms with Gasteiger partial charge in [-0.1, -0.05) is 11.6 Å². The fourth-order valence-electron chi connectivity index (χ4n) is 3.64. The summed E-state index contributed by atoms with van der Waals surface area (Å²) in [6.07, 6.45) is 7.42. The Labute approximate surface area is 167 Å². The lowest BCUT2D eigenvalue weighted by molar-refractivity contribution is 0.128. The lowest BCUT2D eigenvalue weighted by Gasteiger charge is -2.31. The van der Waals surface area contributed by atoms with E-state index >= 15 is 0 Å². The Morgan fingerprint density at radius 1 is 1.07 bits per heavy atom. The molecule has 3 N–H and O–H groups in total. The van der Waals surface area contributed by atoms with Crippen molar-refractivity contribution in [2.24, 2.45) is 0 Å². The minimum absolute atomic E-state index is 0.0708. The van der Waals surface area contributed by atoms with Crippen molar-refractivity contribution in [1.82, 2.24) is 0 Å². The van der Waals surface area contributed by atoms with E-state index in [1.807, 2.05) is 26.8 Å². The van der Waals surface area contributed by atoms with E-state index in [0.717, 1.165) is 12.8 Å². The van der Waals surface area contributed by atoms with Crippen molar-refractivity contribution in [2.75, 3.05) is 0 Å². The predicted octanol–water partition coefficient (Wildman–Crippen LogP) is 4.97. The number of allylic oxidation sites excluding steroid dienone is 2. The summed E-state index contributed by atoms with van der Waals surface area (Å²) >= 11 is 0. The Hall–Kier alpha value is -3.41. The quantitative estimate of drug-likeness (QED) is 0.329. The molecule has 3 aromatic rings. The number of benzene rings is 2. The lowest BCUT2D eigenvalue weighted by Crippen LogP contribution is -2.31. The number of hydrogen-bond acceptors (Lipinski definition) is 6. The standard InChI is InChI=1S/C23H22O6/c1-12(2)5-4-9-23(3)10-8-13-17(29-23)11-16(26)19-20(27)18-14(24)6-7-15(25)22(18)28-21(13)19/h5-8,10-11,24-26H,4,9H2,1-3H3/t23-/m1/s1. The Kier molecular flexibility index (Phi) is 4.30. The molecule has 29 heavy (non-hydrogen) atoms. The summed E-state index contributed by atoms with van der Waals surface area (Å²) in [7, 11) is 0. The Morgan fingerprint density at radius 3 is 2.48 bits per heavy atom. The third-order valence-corrected chi connectivity index (χ3v) is 5.17. The van der Waals surface area contributed by atoms with Crippen LogP contribution in [0.15, 0.2) is 45.1 Å². The summed E-state index contributed by atoms with van der Waals surface area (Å²) in [5.74, 6) is -0.524. The normalized spacial score (nSPS) is 17.9. The molecule has 2 aromatic carbocycles. The molecule has 1 aliphatic rings. The van der Waals surface area contributed by atoms with Crippen LogP contribution >= 0.6 is 0 Å². The largest absolute Gasteiger partial charge is 0.507 e. The van der Waals surface area contributed by atoms with E-state index in [9.17, 15) is 20.1 Å². The van der Waals surface area contributed by atoms with Gasteiger partial charge in [0.1, 0.15) is 33.6 Å². The van der Waals surface area contributed by atoms with Crippen LogP contribution in [-0.2, 0) is 0 Å². The topological polar surface area (TPSA) is 100 Å². The van der Waals surface area contributed by atoms with Gasteiger partial charge in [-0.15, -0.1) is 0 Å². The first-order valence-corrected chi connectivity index (χ1v) is 9.39. The second-order valence-electron chi connectivity index (χ2n) is 7.82. The van der Waals surface area contributed by atoms with Crippen LogP contribution in [0.4, 0.5) is 0 Å². The maximum absolute atomic E-state index is 12.9. The van der Waals surface area contributed by atoms with Crippen LogP contribution in [0.5, 0.6) is 23.0 Å². The highest BCUT2D eigenvalue weighted by Gasteiger charge is 2.30. The minimum atomic E-state index is -0.625. The van der Waals surface area contributed by atoms with Crippen LogP contribution < -0.4 is 10.2 Å². The molecule has 4 rings (SSSR count). The molecule has 1 aliphatic heterocycles. The molecular weight excluding hydrogens is 372 g/mol. The van der Waals surface area contributed by atoms with Gasteiger partial charge >= 0.3 is 0 Å². The summed E-state index contributed by atoms with van der Waals surface area (Å²) in [4.78, 5) is 12.9. The van der Waals surface area contributed by atoms with Crippen LogP contribution in [0.2, 0.25) is 0 Å². The second kappa shape index (κ2) is 6.58. The van der Waals surface area contributed by atoms with Gasteiger partial charge in [0.15, 0.2) is 16.9 Å². The average Bonchev–Trinajstić information content (AvgIpc) is 2.63. The Morgan fingerprint density at radius 2 is 1.76 bits per heavy atom. The second-order valence-corrected chi connectivity index (χ2v) is 7.82. The highest BCUT2D eigenvalue weighted by Crippen LogP contribution is 2.43. The first kappa shape index (κ1) is 18.9. The number of rotatable bonds is 3. The first-order valence-electron chi connectivity index (χ1n) is 9.39. The SMILES string of the molecule is CC(C)=CCC[C@]1(C)C=Cc2c(cc(O)c3c(=O)c4c(O)ccc(O)c4oc23)O1. The molecule has 150 valence electrons. The fourth-order valence-corrected chi connectivity index (χ4v) is 3.64. The summed E-state index contributed by atoms with van der Waals surface area (Å²) in [6.45, 7) is 6.03. The number of phenolic OH excluding ortho intramolecular Hbond substituents is 3. The van der Waals surface area contributed by atoms with E-state index in [1.165, 1.54) is 23.8 Å².